The maximum absolute atomic E-state index is 12.7. The van der Waals surface area contributed by atoms with Crippen molar-refractivity contribution in [1.29, 1.82) is 0 Å². The van der Waals surface area contributed by atoms with Gasteiger partial charge in [0.25, 0.3) is 10.0 Å². The quantitative estimate of drug-likeness (QED) is 0.829. The molecular weight excluding hydrogens is 330 g/mol. The first kappa shape index (κ1) is 17.7. The summed E-state index contributed by atoms with van der Waals surface area (Å²) in [7, 11) is -2.47. The van der Waals surface area contributed by atoms with E-state index in [1.807, 2.05) is 0 Å². The van der Waals surface area contributed by atoms with E-state index in [0.29, 0.717) is 11.3 Å². The van der Waals surface area contributed by atoms with Gasteiger partial charge in [-0.15, -0.1) is 0 Å². The number of aryl methyl sites for hydroxylation is 1. The van der Waals surface area contributed by atoms with Gasteiger partial charge in [-0.2, -0.15) is 0 Å². The van der Waals surface area contributed by atoms with E-state index in [-0.39, 0.29) is 23.1 Å². The number of sulfonamides is 1. The van der Waals surface area contributed by atoms with Crippen LogP contribution in [-0.4, -0.2) is 26.4 Å². The van der Waals surface area contributed by atoms with Crippen molar-refractivity contribution < 1.29 is 17.9 Å². The van der Waals surface area contributed by atoms with E-state index >= 15 is 0 Å². The third kappa shape index (κ3) is 4.23. The maximum Gasteiger partial charge on any atom is 0.265 e. The zero-order chi connectivity index (χ0) is 17.7. The van der Waals surface area contributed by atoms with Crippen LogP contribution < -0.4 is 14.8 Å². The molecule has 0 radical (unpaired) electrons. The smallest absolute Gasteiger partial charge is 0.265 e. The Morgan fingerprint density at radius 2 is 2.04 bits per heavy atom. The van der Waals surface area contributed by atoms with Gasteiger partial charge in [-0.3, -0.25) is 14.5 Å². The molecule has 0 fully saturated rings. The molecule has 0 aliphatic carbocycles. The summed E-state index contributed by atoms with van der Waals surface area (Å²) in [5.41, 5.74) is 1.79. The lowest BCUT2D eigenvalue weighted by atomic mass is 10.2. The Balaban J connectivity index is 2.38. The summed E-state index contributed by atoms with van der Waals surface area (Å²) in [6, 6.07) is 6.44. The van der Waals surface area contributed by atoms with Gasteiger partial charge in [0, 0.05) is 19.7 Å². The van der Waals surface area contributed by atoms with Crippen molar-refractivity contribution in [3.05, 3.63) is 47.8 Å². The third-order valence-corrected chi connectivity index (χ3v) is 4.73. The van der Waals surface area contributed by atoms with Crippen molar-refractivity contribution in [2.24, 2.45) is 0 Å². The van der Waals surface area contributed by atoms with Crippen molar-refractivity contribution in [3.8, 4) is 5.75 Å². The number of anilines is 1. The fourth-order valence-electron chi connectivity index (χ4n) is 2.04. The molecular formula is C16H19N3O4S. The van der Waals surface area contributed by atoms with Gasteiger partial charge in [-0.05, 0) is 36.2 Å². The van der Waals surface area contributed by atoms with Gasteiger partial charge in [0.05, 0.1) is 19.0 Å². The van der Waals surface area contributed by atoms with E-state index in [1.165, 1.54) is 26.3 Å². The summed E-state index contributed by atoms with van der Waals surface area (Å²) in [6.07, 6.45) is 3.03. The van der Waals surface area contributed by atoms with Crippen molar-refractivity contribution in [1.82, 2.24) is 10.3 Å². The highest BCUT2D eigenvalue weighted by molar-refractivity contribution is 7.92. The minimum absolute atomic E-state index is 0.00361. The van der Waals surface area contributed by atoms with Crippen molar-refractivity contribution in [2.45, 2.75) is 25.3 Å². The number of hydrogen-bond donors (Lipinski definition) is 2. The molecule has 2 rings (SSSR count). The van der Waals surface area contributed by atoms with Crippen LogP contribution >= 0.6 is 0 Å². The topological polar surface area (TPSA) is 97.4 Å². The summed E-state index contributed by atoms with van der Waals surface area (Å²) < 4.78 is 33.1. The molecule has 128 valence electrons. The molecule has 2 aromatic rings. The number of carbonyl (C=O) groups excluding carboxylic acids is 1. The molecule has 8 heteroatoms. The first-order valence-electron chi connectivity index (χ1n) is 7.18. The minimum Gasteiger partial charge on any atom is -0.495 e. The fraction of sp³-hybridized carbons (Fsp3) is 0.250. The van der Waals surface area contributed by atoms with E-state index in [4.69, 9.17) is 4.74 Å². The SMILES string of the molecule is COc1ccc(CNC(C)=O)cc1S(=O)(=O)Nc1cnccc1C. The molecule has 1 aromatic heterocycles. The minimum atomic E-state index is -3.87. The Kier molecular flexibility index (Phi) is 5.40. The zero-order valence-corrected chi connectivity index (χ0v) is 14.5. The Bertz CT molecular complexity index is 850. The predicted octanol–water partition coefficient (Wildman–Crippen LogP) is 1.84. The standard InChI is InChI=1S/C16H19N3O4S/c1-11-6-7-17-10-14(11)19-24(21,22)16-8-13(9-18-12(2)20)4-5-15(16)23-3/h4-8,10,19H,9H2,1-3H3,(H,18,20). The van der Waals surface area contributed by atoms with Crippen LogP contribution in [0.25, 0.3) is 0 Å². The largest absolute Gasteiger partial charge is 0.495 e. The van der Waals surface area contributed by atoms with E-state index in [1.54, 1.807) is 31.3 Å². The number of nitrogens with one attached hydrogen (secondary N) is 2. The Hall–Kier alpha value is -2.61. The van der Waals surface area contributed by atoms with Crippen LogP contribution in [-0.2, 0) is 21.4 Å². The van der Waals surface area contributed by atoms with Crippen LogP contribution in [0.15, 0.2) is 41.6 Å². The molecule has 0 atom stereocenters. The zero-order valence-electron chi connectivity index (χ0n) is 13.7. The molecule has 0 aliphatic heterocycles. The molecule has 2 N–H and O–H groups in total. The van der Waals surface area contributed by atoms with Crippen LogP contribution in [0.3, 0.4) is 0 Å². The van der Waals surface area contributed by atoms with Crippen molar-refractivity contribution >= 4 is 21.6 Å². The van der Waals surface area contributed by atoms with Crippen LogP contribution in [0.4, 0.5) is 5.69 Å². The van der Waals surface area contributed by atoms with Gasteiger partial charge in [-0.1, -0.05) is 6.07 Å². The molecule has 0 aliphatic rings. The van der Waals surface area contributed by atoms with Gasteiger partial charge in [0.15, 0.2) is 0 Å². The number of amides is 1. The van der Waals surface area contributed by atoms with Crippen LogP contribution in [0.2, 0.25) is 0 Å². The summed E-state index contributed by atoms with van der Waals surface area (Å²) >= 11 is 0. The van der Waals surface area contributed by atoms with E-state index in [2.05, 4.69) is 15.0 Å². The van der Waals surface area contributed by atoms with Gasteiger partial charge >= 0.3 is 0 Å². The van der Waals surface area contributed by atoms with Crippen molar-refractivity contribution in [2.75, 3.05) is 11.8 Å². The van der Waals surface area contributed by atoms with E-state index in [9.17, 15) is 13.2 Å². The second-order valence-electron chi connectivity index (χ2n) is 5.19. The number of rotatable bonds is 6. The summed E-state index contributed by atoms with van der Waals surface area (Å²) in [4.78, 5) is 15.0. The summed E-state index contributed by atoms with van der Waals surface area (Å²) in [5.74, 6) is 0.0231. The fourth-order valence-corrected chi connectivity index (χ4v) is 3.37. The molecule has 0 saturated heterocycles. The van der Waals surface area contributed by atoms with Gasteiger partial charge in [0.2, 0.25) is 5.91 Å². The number of hydrogen-bond acceptors (Lipinski definition) is 5. The molecule has 0 unspecified atom stereocenters. The molecule has 7 nitrogen and oxygen atoms in total. The average molecular weight is 349 g/mol. The number of aromatic nitrogens is 1. The van der Waals surface area contributed by atoms with E-state index in [0.717, 1.165) is 5.56 Å². The highest BCUT2D eigenvalue weighted by atomic mass is 32.2. The molecule has 1 heterocycles. The third-order valence-electron chi connectivity index (χ3n) is 3.34. The molecule has 0 saturated carbocycles. The predicted molar refractivity (Wildman–Crippen MR) is 90.3 cm³/mol. The summed E-state index contributed by atoms with van der Waals surface area (Å²) in [5, 5.41) is 2.63. The maximum atomic E-state index is 12.7. The van der Waals surface area contributed by atoms with Gasteiger partial charge in [-0.25, -0.2) is 8.42 Å². The van der Waals surface area contributed by atoms with Crippen LogP contribution in [0.1, 0.15) is 18.1 Å². The Morgan fingerprint density at radius 1 is 1.29 bits per heavy atom. The monoisotopic (exact) mass is 349 g/mol. The highest BCUT2D eigenvalue weighted by Crippen LogP contribution is 2.27. The second-order valence-corrected chi connectivity index (χ2v) is 6.84. The number of carbonyl (C=O) groups is 1. The Labute approximate surface area is 141 Å². The lowest BCUT2D eigenvalue weighted by molar-refractivity contribution is -0.119. The number of nitrogens with zero attached hydrogens (tertiary/aromatic N) is 1. The van der Waals surface area contributed by atoms with Crippen LogP contribution in [0, 0.1) is 6.92 Å². The highest BCUT2D eigenvalue weighted by Gasteiger charge is 2.21. The normalized spacial score (nSPS) is 11.0. The average Bonchev–Trinajstić information content (AvgIpc) is 2.54. The molecule has 24 heavy (non-hydrogen) atoms. The van der Waals surface area contributed by atoms with Crippen LogP contribution in [0.5, 0.6) is 5.75 Å². The molecule has 0 spiro atoms. The number of methoxy groups -OCH3 is 1. The number of pyridine rings is 1. The van der Waals surface area contributed by atoms with Gasteiger partial charge < -0.3 is 10.1 Å². The Morgan fingerprint density at radius 3 is 2.67 bits per heavy atom. The number of benzene rings is 1. The summed E-state index contributed by atoms with van der Waals surface area (Å²) in [6.45, 7) is 3.41. The first-order chi connectivity index (χ1) is 11.3. The van der Waals surface area contributed by atoms with E-state index < -0.39 is 10.0 Å². The van der Waals surface area contributed by atoms with Gasteiger partial charge in [0.1, 0.15) is 10.6 Å². The molecule has 1 amide bonds. The molecule has 0 bridgehead atoms. The first-order valence-corrected chi connectivity index (χ1v) is 8.66. The number of ether oxygens (including phenoxy) is 1. The molecule has 1 aromatic carbocycles. The lowest BCUT2D eigenvalue weighted by Gasteiger charge is -2.14. The second kappa shape index (κ2) is 7.31. The van der Waals surface area contributed by atoms with Crippen molar-refractivity contribution in [3.63, 3.8) is 0 Å². The lowest BCUT2D eigenvalue weighted by Crippen LogP contribution is -2.20.